The second kappa shape index (κ2) is 8.30. The first kappa shape index (κ1) is 20.0. The van der Waals surface area contributed by atoms with E-state index in [1.165, 1.54) is 17.5 Å². The Hall–Kier alpha value is -2.93. The fourth-order valence-corrected chi connectivity index (χ4v) is 5.00. The summed E-state index contributed by atoms with van der Waals surface area (Å²) in [5, 5.41) is 17.9. The van der Waals surface area contributed by atoms with Crippen LogP contribution in [0.1, 0.15) is 41.6 Å². The number of aromatic nitrogens is 3. The molecule has 3 N–H and O–H groups in total. The summed E-state index contributed by atoms with van der Waals surface area (Å²) >= 11 is 0. The molecule has 3 heterocycles. The highest BCUT2D eigenvalue weighted by Gasteiger charge is 2.24. The van der Waals surface area contributed by atoms with E-state index >= 15 is 0 Å². The number of hydrogen-bond acceptors (Lipinski definition) is 7. The van der Waals surface area contributed by atoms with Gasteiger partial charge in [0.25, 0.3) is 0 Å². The van der Waals surface area contributed by atoms with E-state index in [0.717, 1.165) is 73.4 Å². The zero-order valence-electron chi connectivity index (χ0n) is 18.3. The summed E-state index contributed by atoms with van der Waals surface area (Å²) in [7, 11) is 1.92. The van der Waals surface area contributed by atoms with Gasteiger partial charge in [-0.3, -0.25) is 4.90 Å². The Labute approximate surface area is 182 Å². The molecular formula is C24H30N6O. The fraction of sp³-hybridized carbons (Fsp3) is 0.458. The van der Waals surface area contributed by atoms with E-state index in [0.29, 0.717) is 17.7 Å². The van der Waals surface area contributed by atoms with E-state index in [2.05, 4.69) is 22.5 Å². The van der Waals surface area contributed by atoms with Crippen molar-refractivity contribution in [1.29, 1.82) is 0 Å². The number of benzene rings is 1. The highest BCUT2D eigenvalue weighted by atomic mass is 16.3. The molecule has 0 bridgehead atoms. The first-order valence-electron chi connectivity index (χ1n) is 11.3. The molecule has 0 saturated carbocycles. The van der Waals surface area contributed by atoms with Gasteiger partial charge in [0.05, 0.1) is 5.39 Å². The number of nitrogens with one attached hydrogen (secondary N) is 2. The Balaban J connectivity index is 1.30. The molecule has 1 saturated heterocycles. The zero-order valence-corrected chi connectivity index (χ0v) is 18.3. The minimum Gasteiger partial charge on any atom is -0.508 e. The summed E-state index contributed by atoms with van der Waals surface area (Å²) < 4.78 is 0. The Morgan fingerprint density at radius 1 is 1.06 bits per heavy atom. The number of anilines is 2. The Bertz CT molecular complexity index is 1110. The summed E-state index contributed by atoms with van der Waals surface area (Å²) in [6.07, 6.45) is 5.39. The molecule has 0 atom stereocenters. The number of nitrogens with zero attached hydrogens (tertiary/aromatic N) is 4. The number of aromatic hydroxyl groups is 1. The lowest BCUT2D eigenvalue weighted by atomic mass is 10.0. The molecule has 0 unspecified atom stereocenters. The van der Waals surface area contributed by atoms with Crippen molar-refractivity contribution >= 4 is 22.8 Å². The molecule has 0 spiro atoms. The molecule has 2 aliphatic rings. The number of phenolic OH excluding ortho intramolecular Hbond substituents is 1. The summed E-state index contributed by atoms with van der Waals surface area (Å²) in [6, 6.07) is 7.92. The summed E-state index contributed by atoms with van der Waals surface area (Å²) in [4.78, 5) is 16.8. The van der Waals surface area contributed by atoms with Gasteiger partial charge in [-0.1, -0.05) is 18.2 Å². The predicted octanol–water partition coefficient (Wildman–Crippen LogP) is 3.65. The van der Waals surface area contributed by atoms with Crippen LogP contribution in [-0.4, -0.2) is 51.1 Å². The highest BCUT2D eigenvalue weighted by molar-refractivity contribution is 5.92. The van der Waals surface area contributed by atoms with E-state index in [4.69, 9.17) is 15.0 Å². The molecule has 7 heteroatoms. The first-order valence-corrected chi connectivity index (χ1v) is 11.3. The van der Waals surface area contributed by atoms with Gasteiger partial charge in [-0.05, 0) is 56.2 Å². The normalized spacial score (nSPS) is 17.1. The topological polar surface area (TPSA) is 86.2 Å². The quantitative estimate of drug-likeness (QED) is 0.583. The van der Waals surface area contributed by atoms with Gasteiger partial charge in [-0.15, -0.1) is 0 Å². The lowest BCUT2D eigenvalue weighted by Crippen LogP contribution is -2.39. The van der Waals surface area contributed by atoms with Crippen LogP contribution in [0.4, 0.5) is 11.8 Å². The van der Waals surface area contributed by atoms with Crippen LogP contribution in [0.15, 0.2) is 24.3 Å². The maximum absolute atomic E-state index is 10.0. The number of likely N-dealkylation sites (tertiary alicyclic amines) is 1. The summed E-state index contributed by atoms with van der Waals surface area (Å²) in [5.41, 5.74) is 5.63. The molecule has 1 aliphatic heterocycles. The van der Waals surface area contributed by atoms with Crippen molar-refractivity contribution in [2.45, 2.75) is 51.6 Å². The van der Waals surface area contributed by atoms with Gasteiger partial charge >= 0.3 is 0 Å². The van der Waals surface area contributed by atoms with Gasteiger partial charge in [0, 0.05) is 44.0 Å². The van der Waals surface area contributed by atoms with Crippen LogP contribution >= 0.6 is 0 Å². The van der Waals surface area contributed by atoms with Gasteiger partial charge in [-0.2, -0.15) is 9.97 Å². The minimum atomic E-state index is 0.332. The van der Waals surface area contributed by atoms with Gasteiger partial charge in [0.1, 0.15) is 11.6 Å². The van der Waals surface area contributed by atoms with Crippen LogP contribution in [0.5, 0.6) is 5.75 Å². The van der Waals surface area contributed by atoms with Crippen LogP contribution in [0.2, 0.25) is 0 Å². The number of piperidine rings is 1. The largest absolute Gasteiger partial charge is 0.508 e. The average Bonchev–Trinajstić information content (AvgIpc) is 3.27. The van der Waals surface area contributed by atoms with E-state index in [-0.39, 0.29) is 0 Å². The van der Waals surface area contributed by atoms with E-state index in [1.54, 1.807) is 6.07 Å². The minimum absolute atomic E-state index is 0.332. The Morgan fingerprint density at radius 3 is 2.61 bits per heavy atom. The zero-order chi connectivity index (χ0) is 21.4. The van der Waals surface area contributed by atoms with Crippen molar-refractivity contribution in [2.75, 3.05) is 30.8 Å². The lowest BCUT2D eigenvalue weighted by molar-refractivity contribution is 0.209. The molecule has 0 amide bonds. The maximum atomic E-state index is 10.0. The Kier molecular flexibility index (Phi) is 5.36. The van der Waals surface area contributed by atoms with Gasteiger partial charge in [-0.25, -0.2) is 4.98 Å². The third-order valence-corrected chi connectivity index (χ3v) is 6.66. The molecule has 0 radical (unpaired) electrons. The van der Waals surface area contributed by atoms with Crippen LogP contribution in [0, 0.1) is 6.92 Å². The molecular weight excluding hydrogens is 388 g/mol. The smallest absolute Gasteiger partial charge is 0.226 e. The number of rotatable bonds is 5. The van der Waals surface area contributed by atoms with Crippen molar-refractivity contribution in [2.24, 2.45) is 0 Å². The first-order chi connectivity index (χ1) is 15.1. The molecule has 162 valence electrons. The molecule has 3 aromatic rings. The van der Waals surface area contributed by atoms with Crippen molar-refractivity contribution in [1.82, 2.24) is 19.9 Å². The number of pyridine rings is 1. The third-order valence-electron chi connectivity index (χ3n) is 6.66. The second-order valence-electron chi connectivity index (χ2n) is 8.68. The molecule has 5 rings (SSSR count). The third kappa shape index (κ3) is 3.90. The van der Waals surface area contributed by atoms with Crippen molar-refractivity contribution < 1.29 is 5.11 Å². The Morgan fingerprint density at radius 2 is 1.84 bits per heavy atom. The maximum Gasteiger partial charge on any atom is 0.226 e. The molecule has 7 nitrogen and oxygen atoms in total. The number of hydrogen-bond donors (Lipinski definition) is 3. The van der Waals surface area contributed by atoms with Crippen molar-refractivity contribution in [3.05, 3.63) is 46.6 Å². The number of fused-ring (bicyclic) bond motifs is 3. The van der Waals surface area contributed by atoms with E-state index in [1.807, 2.05) is 25.2 Å². The molecule has 1 fully saturated rings. The van der Waals surface area contributed by atoms with Gasteiger partial charge in [0.2, 0.25) is 5.95 Å². The number of aryl methyl sites for hydroxylation is 2. The van der Waals surface area contributed by atoms with Crippen molar-refractivity contribution in [3.8, 4) is 5.75 Å². The summed E-state index contributed by atoms with van der Waals surface area (Å²) in [5.74, 6) is 1.90. The molecule has 31 heavy (non-hydrogen) atoms. The SMILES string of the molecule is CNc1nc(NC2CCN(Cc3ccccc3O)CC2)nc2nc(C)c3c(c12)CCC3. The number of phenols is 1. The fourth-order valence-electron chi connectivity index (χ4n) is 5.00. The van der Waals surface area contributed by atoms with E-state index in [9.17, 15) is 5.11 Å². The summed E-state index contributed by atoms with van der Waals surface area (Å²) in [6.45, 7) is 4.83. The average molecular weight is 419 g/mol. The van der Waals surface area contributed by atoms with Crippen LogP contribution in [0.25, 0.3) is 11.0 Å². The standard InChI is InChI=1S/C24H30N6O/c1-15-18-7-5-8-19(18)21-22(25-2)28-24(29-23(21)26-15)27-17-10-12-30(13-11-17)14-16-6-3-4-9-20(16)31/h3-4,6,9,17,31H,5,7-8,10-14H2,1-2H3,(H2,25,26,27,28,29). The monoisotopic (exact) mass is 418 g/mol. The second-order valence-corrected chi connectivity index (χ2v) is 8.68. The number of para-hydroxylation sites is 1. The van der Waals surface area contributed by atoms with Gasteiger partial charge in [0.15, 0.2) is 5.65 Å². The molecule has 1 aliphatic carbocycles. The van der Waals surface area contributed by atoms with E-state index < -0.39 is 0 Å². The molecule has 1 aromatic carbocycles. The van der Waals surface area contributed by atoms with Crippen molar-refractivity contribution in [3.63, 3.8) is 0 Å². The lowest BCUT2D eigenvalue weighted by Gasteiger charge is -2.32. The van der Waals surface area contributed by atoms with Gasteiger partial charge < -0.3 is 15.7 Å². The van der Waals surface area contributed by atoms with Crippen LogP contribution in [0.3, 0.4) is 0 Å². The van der Waals surface area contributed by atoms with Crippen LogP contribution < -0.4 is 10.6 Å². The van der Waals surface area contributed by atoms with Crippen LogP contribution in [-0.2, 0) is 19.4 Å². The molecule has 2 aromatic heterocycles. The highest BCUT2D eigenvalue weighted by Crippen LogP contribution is 2.34. The predicted molar refractivity (Wildman–Crippen MR) is 124 cm³/mol.